The summed E-state index contributed by atoms with van der Waals surface area (Å²) in [6.45, 7) is 9.26. The molecule has 0 unspecified atom stereocenters. The second-order valence-electron chi connectivity index (χ2n) is 5.10. The van der Waals surface area contributed by atoms with Gasteiger partial charge in [0.25, 0.3) is 5.91 Å². The molecule has 5 nitrogen and oxygen atoms in total. The molecule has 1 amide bonds. The molecule has 1 aromatic carbocycles. The van der Waals surface area contributed by atoms with E-state index in [0.717, 1.165) is 5.56 Å². The fourth-order valence-corrected chi connectivity index (χ4v) is 1.75. The van der Waals surface area contributed by atoms with Gasteiger partial charge in [0.15, 0.2) is 10.7 Å². The summed E-state index contributed by atoms with van der Waals surface area (Å²) in [7, 11) is 0. The van der Waals surface area contributed by atoms with Crippen LogP contribution in [-0.2, 0) is 4.79 Å². The monoisotopic (exact) mass is 341 g/mol. The first-order valence-corrected chi connectivity index (χ1v) is 7.45. The highest BCUT2D eigenvalue weighted by Gasteiger charge is 2.30. The van der Waals surface area contributed by atoms with Crippen LogP contribution in [0.2, 0.25) is 5.02 Å². The van der Waals surface area contributed by atoms with E-state index >= 15 is 0 Å². The SMILES string of the molecule is C=CCNC(=S)NNC(=O)C(C)(C)Oc1ccc(Cl)c(C)c1. The van der Waals surface area contributed by atoms with Gasteiger partial charge in [-0.3, -0.25) is 15.6 Å². The van der Waals surface area contributed by atoms with Gasteiger partial charge in [-0.05, 0) is 56.8 Å². The van der Waals surface area contributed by atoms with Crippen molar-refractivity contribution in [3.05, 3.63) is 41.4 Å². The summed E-state index contributed by atoms with van der Waals surface area (Å²) >= 11 is 10.9. The quantitative estimate of drug-likeness (QED) is 0.436. The van der Waals surface area contributed by atoms with E-state index in [9.17, 15) is 4.79 Å². The normalized spacial score (nSPS) is 10.5. The molecular formula is C15H20ClN3O2S. The standard InChI is InChI=1S/C15H20ClN3O2S/c1-5-8-17-14(22)19-18-13(20)15(3,4)21-11-6-7-12(16)10(2)9-11/h5-7,9H,1,8H2,2-4H3,(H,18,20)(H2,17,19,22). The fraction of sp³-hybridized carbons (Fsp3) is 0.333. The number of carbonyl (C=O) groups excluding carboxylic acids is 1. The Labute approximate surface area is 141 Å². The number of amides is 1. The number of ether oxygens (including phenoxy) is 1. The van der Waals surface area contributed by atoms with Gasteiger partial charge in [-0.2, -0.15) is 0 Å². The van der Waals surface area contributed by atoms with Gasteiger partial charge in [-0.15, -0.1) is 6.58 Å². The van der Waals surface area contributed by atoms with E-state index in [1.807, 2.05) is 6.92 Å². The number of hydrazine groups is 1. The van der Waals surface area contributed by atoms with E-state index in [4.69, 9.17) is 28.6 Å². The van der Waals surface area contributed by atoms with E-state index in [-0.39, 0.29) is 5.91 Å². The van der Waals surface area contributed by atoms with Gasteiger partial charge in [0, 0.05) is 11.6 Å². The molecule has 0 heterocycles. The van der Waals surface area contributed by atoms with Gasteiger partial charge < -0.3 is 10.1 Å². The highest BCUT2D eigenvalue weighted by molar-refractivity contribution is 7.80. The average Bonchev–Trinajstić information content (AvgIpc) is 2.46. The fourth-order valence-electron chi connectivity index (χ4n) is 1.49. The molecule has 120 valence electrons. The smallest absolute Gasteiger partial charge is 0.281 e. The number of aryl methyl sites for hydroxylation is 1. The van der Waals surface area contributed by atoms with Crippen LogP contribution >= 0.6 is 23.8 Å². The first-order chi connectivity index (χ1) is 10.3. The third-order valence-electron chi connectivity index (χ3n) is 2.75. The number of benzene rings is 1. The molecule has 1 aromatic rings. The lowest BCUT2D eigenvalue weighted by Crippen LogP contribution is -2.55. The van der Waals surface area contributed by atoms with Gasteiger partial charge in [0.2, 0.25) is 0 Å². The Hall–Kier alpha value is -1.79. The summed E-state index contributed by atoms with van der Waals surface area (Å²) in [5.41, 5.74) is 4.90. The third kappa shape index (κ3) is 5.54. The maximum Gasteiger partial charge on any atom is 0.281 e. The molecule has 22 heavy (non-hydrogen) atoms. The first-order valence-electron chi connectivity index (χ1n) is 6.66. The molecule has 0 aliphatic carbocycles. The zero-order valence-electron chi connectivity index (χ0n) is 12.8. The topological polar surface area (TPSA) is 62.4 Å². The summed E-state index contributed by atoms with van der Waals surface area (Å²) in [5.74, 6) is 0.206. The molecule has 0 atom stereocenters. The zero-order chi connectivity index (χ0) is 16.8. The van der Waals surface area contributed by atoms with Crippen molar-refractivity contribution in [3.8, 4) is 5.75 Å². The van der Waals surface area contributed by atoms with Crippen molar-refractivity contribution >= 4 is 34.8 Å². The Balaban J connectivity index is 2.60. The second-order valence-corrected chi connectivity index (χ2v) is 5.92. The van der Waals surface area contributed by atoms with Crippen molar-refractivity contribution in [3.63, 3.8) is 0 Å². The van der Waals surface area contributed by atoms with Crippen molar-refractivity contribution in [2.24, 2.45) is 0 Å². The van der Waals surface area contributed by atoms with Crippen LogP contribution in [0.4, 0.5) is 0 Å². The molecule has 0 saturated heterocycles. The molecule has 0 aliphatic rings. The van der Waals surface area contributed by atoms with E-state index in [1.54, 1.807) is 38.1 Å². The molecule has 3 N–H and O–H groups in total. The number of thiocarbonyl (C=S) groups is 1. The number of hydrogen-bond acceptors (Lipinski definition) is 3. The summed E-state index contributed by atoms with van der Waals surface area (Å²) in [6.07, 6.45) is 1.66. The minimum atomic E-state index is -1.08. The number of rotatable bonds is 5. The van der Waals surface area contributed by atoms with Crippen molar-refractivity contribution in [1.82, 2.24) is 16.2 Å². The van der Waals surface area contributed by atoms with Gasteiger partial charge >= 0.3 is 0 Å². The Bertz CT molecular complexity index is 576. The molecule has 0 aromatic heterocycles. The minimum absolute atomic E-state index is 0.298. The Morgan fingerprint density at radius 3 is 2.73 bits per heavy atom. The van der Waals surface area contributed by atoms with E-state index in [0.29, 0.717) is 22.4 Å². The molecule has 0 bridgehead atoms. The van der Waals surface area contributed by atoms with Crippen molar-refractivity contribution in [1.29, 1.82) is 0 Å². The van der Waals surface area contributed by atoms with E-state index < -0.39 is 5.60 Å². The van der Waals surface area contributed by atoms with E-state index in [2.05, 4.69) is 22.7 Å². The largest absolute Gasteiger partial charge is 0.478 e. The highest BCUT2D eigenvalue weighted by Crippen LogP contribution is 2.24. The maximum atomic E-state index is 12.2. The average molecular weight is 342 g/mol. The second kappa shape index (κ2) is 8.00. The number of halogens is 1. The lowest BCUT2D eigenvalue weighted by molar-refractivity contribution is -0.134. The van der Waals surface area contributed by atoms with Crippen molar-refractivity contribution in [2.75, 3.05) is 6.54 Å². The molecule has 0 saturated carbocycles. The maximum absolute atomic E-state index is 12.2. The molecule has 0 spiro atoms. The van der Waals surface area contributed by atoms with Crippen LogP contribution in [0, 0.1) is 6.92 Å². The van der Waals surface area contributed by atoms with Crippen LogP contribution in [0.5, 0.6) is 5.75 Å². The van der Waals surface area contributed by atoms with Gasteiger partial charge in [-0.1, -0.05) is 17.7 Å². The van der Waals surface area contributed by atoms with Crippen LogP contribution in [-0.4, -0.2) is 23.2 Å². The van der Waals surface area contributed by atoms with Gasteiger partial charge in [0.1, 0.15) is 5.75 Å². The Morgan fingerprint density at radius 1 is 1.45 bits per heavy atom. The van der Waals surface area contributed by atoms with Crippen LogP contribution in [0.15, 0.2) is 30.9 Å². The van der Waals surface area contributed by atoms with Crippen molar-refractivity contribution < 1.29 is 9.53 Å². The predicted molar refractivity (Wildman–Crippen MR) is 93.0 cm³/mol. The van der Waals surface area contributed by atoms with Crippen LogP contribution in [0.25, 0.3) is 0 Å². The summed E-state index contributed by atoms with van der Waals surface area (Å²) in [6, 6.07) is 5.22. The Kier molecular flexibility index (Phi) is 6.64. The van der Waals surface area contributed by atoms with Crippen LogP contribution in [0.1, 0.15) is 19.4 Å². The lowest BCUT2D eigenvalue weighted by atomic mass is 10.1. The number of hydrogen-bond donors (Lipinski definition) is 3. The van der Waals surface area contributed by atoms with E-state index in [1.165, 1.54) is 0 Å². The van der Waals surface area contributed by atoms with Crippen LogP contribution in [0.3, 0.4) is 0 Å². The lowest BCUT2D eigenvalue weighted by Gasteiger charge is -2.26. The summed E-state index contributed by atoms with van der Waals surface area (Å²) in [5, 5.41) is 3.78. The molecule has 0 aliphatic heterocycles. The summed E-state index contributed by atoms with van der Waals surface area (Å²) < 4.78 is 5.72. The third-order valence-corrected chi connectivity index (χ3v) is 3.42. The first kappa shape index (κ1) is 18.3. The number of carbonyl (C=O) groups is 1. The highest BCUT2D eigenvalue weighted by atomic mass is 35.5. The summed E-state index contributed by atoms with van der Waals surface area (Å²) in [4.78, 5) is 12.2. The number of nitrogens with one attached hydrogen (secondary N) is 3. The van der Waals surface area contributed by atoms with Gasteiger partial charge in [0.05, 0.1) is 0 Å². The minimum Gasteiger partial charge on any atom is -0.478 e. The van der Waals surface area contributed by atoms with Crippen LogP contribution < -0.4 is 20.9 Å². The molecular weight excluding hydrogens is 322 g/mol. The molecule has 1 rings (SSSR count). The molecule has 0 fully saturated rings. The predicted octanol–water partition coefficient (Wildman–Crippen LogP) is 2.49. The molecule has 0 radical (unpaired) electrons. The Morgan fingerprint density at radius 2 is 2.14 bits per heavy atom. The zero-order valence-corrected chi connectivity index (χ0v) is 14.4. The molecule has 7 heteroatoms. The van der Waals surface area contributed by atoms with Crippen molar-refractivity contribution in [2.45, 2.75) is 26.4 Å². The van der Waals surface area contributed by atoms with Gasteiger partial charge in [-0.25, -0.2) is 0 Å².